The minimum Gasteiger partial charge on any atom is -0.342 e. The predicted octanol–water partition coefficient (Wildman–Crippen LogP) is 4.43. The van der Waals surface area contributed by atoms with Gasteiger partial charge in [-0.2, -0.15) is 0 Å². The number of benzene rings is 1. The second kappa shape index (κ2) is 6.05. The van der Waals surface area contributed by atoms with Gasteiger partial charge >= 0.3 is 0 Å². The molecule has 0 radical (unpaired) electrons. The maximum absolute atomic E-state index is 6.25. The lowest BCUT2D eigenvalue weighted by Gasteiger charge is -2.22. The Balaban J connectivity index is 2.05. The Morgan fingerprint density at radius 2 is 1.61 bits per heavy atom. The predicted molar refractivity (Wildman–Crippen MR) is 77.6 cm³/mol. The number of hydrogen-bond donors (Lipinski definition) is 0. The van der Waals surface area contributed by atoms with Gasteiger partial charge in [0.25, 0.3) is 0 Å². The smallest absolute Gasteiger partial charge is 0.142 e. The van der Waals surface area contributed by atoms with Crippen LogP contribution < -0.4 is 0 Å². The van der Waals surface area contributed by atoms with E-state index in [0.717, 1.165) is 31.2 Å². The SMILES string of the molecule is CCCN1CN(Cc2ccc(Cl)cc2)C(Cl)=C1Cl. The van der Waals surface area contributed by atoms with E-state index >= 15 is 0 Å². The Bertz CT molecular complexity index is 442. The summed E-state index contributed by atoms with van der Waals surface area (Å²) in [6.45, 7) is 4.53. The van der Waals surface area contributed by atoms with E-state index in [9.17, 15) is 0 Å². The van der Waals surface area contributed by atoms with Gasteiger partial charge in [0.2, 0.25) is 0 Å². The van der Waals surface area contributed by atoms with Gasteiger partial charge in [0.1, 0.15) is 10.3 Å². The molecule has 0 saturated heterocycles. The minimum atomic E-state index is 0.625. The zero-order valence-corrected chi connectivity index (χ0v) is 12.4. The molecule has 0 unspecified atom stereocenters. The fourth-order valence-electron chi connectivity index (χ4n) is 1.96. The highest BCUT2D eigenvalue weighted by atomic mass is 35.5. The quantitative estimate of drug-likeness (QED) is 0.759. The minimum absolute atomic E-state index is 0.625. The van der Waals surface area contributed by atoms with Crippen molar-refractivity contribution in [3.63, 3.8) is 0 Å². The van der Waals surface area contributed by atoms with Crippen LogP contribution in [-0.4, -0.2) is 23.0 Å². The summed E-state index contributed by atoms with van der Waals surface area (Å²) in [7, 11) is 0. The summed E-state index contributed by atoms with van der Waals surface area (Å²) in [5.74, 6) is 0. The highest BCUT2D eigenvalue weighted by Crippen LogP contribution is 2.30. The molecule has 2 rings (SSSR count). The fourth-order valence-corrected chi connectivity index (χ4v) is 2.58. The van der Waals surface area contributed by atoms with Crippen molar-refractivity contribution in [3.05, 3.63) is 45.2 Å². The molecule has 18 heavy (non-hydrogen) atoms. The molecule has 5 heteroatoms. The van der Waals surface area contributed by atoms with Gasteiger partial charge in [-0.15, -0.1) is 0 Å². The molecule has 1 aliphatic rings. The number of hydrogen-bond acceptors (Lipinski definition) is 2. The Morgan fingerprint density at radius 3 is 2.22 bits per heavy atom. The van der Waals surface area contributed by atoms with Gasteiger partial charge in [-0.05, 0) is 24.1 Å². The molecule has 2 nitrogen and oxygen atoms in total. The van der Waals surface area contributed by atoms with Crippen molar-refractivity contribution in [2.45, 2.75) is 19.9 Å². The third-order valence-corrected chi connectivity index (χ3v) is 4.03. The average Bonchev–Trinajstić information content (AvgIpc) is 2.61. The van der Waals surface area contributed by atoms with Crippen LogP contribution in [0.1, 0.15) is 18.9 Å². The van der Waals surface area contributed by atoms with Crippen LogP contribution in [0.5, 0.6) is 0 Å². The van der Waals surface area contributed by atoms with Crippen LogP contribution in [0, 0.1) is 0 Å². The normalized spacial score (nSPS) is 15.8. The van der Waals surface area contributed by atoms with Crippen LogP contribution in [0.4, 0.5) is 0 Å². The van der Waals surface area contributed by atoms with Gasteiger partial charge in [0.05, 0.1) is 6.67 Å². The molecule has 1 aromatic carbocycles. The highest BCUT2D eigenvalue weighted by molar-refractivity contribution is 6.38. The van der Waals surface area contributed by atoms with Gasteiger partial charge < -0.3 is 9.80 Å². The summed E-state index contributed by atoms with van der Waals surface area (Å²) in [6, 6.07) is 7.78. The van der Waals surface area contributed by atoms with Gasteiger partial charge in [-0.1, -0.05) is 53.9 Å². The van der Waals surface area contributed by atoms with Crippen LogP contribution in [0.25, 0.3) is 0 Å². The van der Waals surface area contributed by atoms with Crippen molar-refractivity contribution >= 4 is 34.8 Å². The molecule has 0 N–H and O–H groups in total. The van der Waals surface area contributed by atoms with Crippen molar-refractivity contribution in [3.8, 4) is 0 Å². The molecule has 0 amide bonds. The lowest BCUT2D eigenvalue weighted by atomic mass is 10.2. The molecule has 1 heterocycles. The standard InChI is InChI=1S/C13H15Cl3N2/c1-2-7-17-9-18(13(16)12(17)15)8-10-3-5-11(14)6-4-10/h3-6H,2,7-9H2,1H3. The van der Waals surface area contributed by atoms with Gasteiger partial charge in [-0.25, -0.2) is 0 Å². The second-order valence-corrected chi connectivity index (χ2v) is 5.46. The largest absolute Gasteiger partial charge is 0.342 e. The van der Waals surface area contributed by atoms with E-state index in [1.807, 2.05) is 24.3 Å². The summed E-state index contributed by atoms with van der Waals surface area (Å²) in [6.07, 6.45) is 1.05. The first-order valence-electron chi connectivity index (χ1n) is 5.91. The molecule has 1 aliphatic heterocycles. The van der Waals surface area contributed by atoms with Gasteiger partial charge in [0, 0.05) is 18.1 Å². The van der Waals surface area contributed by atoms with Crippen LogP contribution in [0.15, 0.2) is 34.6 Å². The van der Waals surface area contributed by atoms with Crippen molar-refractivity contribution in [1.82, 2.24) is 9.80 Å². The molecule has 0 aliphatic carbocycles. The molecule has 1 aromatic rings. The Morgan fingerprint density at radius 1 is 1.00 bits per heavy atom. The van der Waals surface area contributed by atoms with Crippen molar-refractivity contribution in [2.24, 2.45) is 0 Å². The van der Waals surface area contributed by atoms with Crippen LogP contribution in [0.2, 0.25) is 5.02 Å². The third-order valence-electron chi connectivity index (χ3n) is 2.85. The lowest BCUT2D eigenvalue weighted by Crippen LogP contribution is -2.27. The highest BCUT2D eigenvalue weighted by Gasteiger charge is 2.25. The first-order chi connectivity index (χ1) is 8.61. The third kappa shape index (κ3) is 3.05. The van der Waals surface area contributed by atoms with Crippen LogP contribution >= 0.6 is 34.8 Å². The molecule has 0 spiro atoms. The van der Waals surface area contributed by atoms with Crippen LogP contribution in [0.3, 0.4) is 0 Å². The van der Waals surface area contributed by atoms with E-state index in [1.165, 1.54) is 5.56 Å². The molecule has 0 atom stereocenters. The van der Waals surface area contributed by atoms with Crippen molar-refractivity contribution in [1.29, 1.82) is 0 Å². The molecule has 0 aromatic heterocycles. The van der Waals surface area contributed by atoms with E-state index in [2.05, 4.69) is 16.7 Å². The number of rotatable bonds is 4. The summed E-state index contributed by atoms with van der Waals surface area (Å²) < 4.78 is 0. The Kier molecular flexibility index (Phi) is 4.66. The average molecular weight is 306 g/mol. The van der Waals surface area contributed by atoms with Gasteiger partial charge in [-0.3, -0.25) is 0 Å². The fraction of sp³-hybridized carbons (Fsp3) is 0.385. The van der Waals surface area contributed by atoms with E-state index in [4.69, 9.17) is 34.8 Å². The van der Waals surface area contributed by atoms with Crippen molar-refractivity contribution in [2.75, 3.05) is 13.2 Å². The zero-order chi connectivity index (χ0) is 13.1. The molecule has 98 valence electrons. The monoisotopic (exact) mass is 304 g/mol. The maximum atomic E-state index is 6.25. The number of halogens is 3. The molecule has 0 fully saturated rings. The van der Waals surface area contributed by atoms with E-state index in [1.54, 1.807) is 0 Å². The first kappa shape index (κ1) is 13.9. The molecular weight excluding hydrogens is 291 g/mol. The summed E-state index contributed by atoms with van der Waals surface area (Å²) in [4.78, 5) is 4.14. The summed E-state index contributed by atoms with van der Waals surface area (Å²) in [5.41, 5.74) is 1.17. The molecule has 0 saturated carbocycles. The lowest BCUT2D eigenvalue weighted by molar-refractivity contribution is 0.253. The van der Waals surface area contributed by atoms with E-state index in [0.29, 0.717) is 10.3 Å². The first-order valence-corrected chi connectivity index (χ1v) is 7.04. The number of nitrogens with zero attached hydrogens (tertiary/aromatic N) is 2. The van der Waals surface area contributed by atoms with Gasteiger partial charge in [0.15, 0.2) is 0 Å². The Labute approximate surface area is 123 Å². The zero-order valence-electron chi connectivity index (χ0n) is 10.2. The van der Waals surface area contributed by atoms with Crippen LogP contribution in [-0.2, 0) is 6.54 Å². The van der Waals surface area contributed by atoms with E-state index in [-0.39, 0.29) is 0 Å². The topological polar surface area (TPSA) is 6.48 Å². The van der Waals surface area contributed by atoms with Crippen molar-refractivity contribution < 1.29 is 0 Å². The summed E-state index contributed by atoms with van der Waals surface area (Å²) >= 11 is 18.3. The maximum Gasteiger partial charge on any atom is 0.142 e. The van der Waals surface area contributed by atoms with E-state index < -0.39 is 0 Å². The second-order valence-electron chi connectivity index (χ2n) is 4.31. The molecule has 0 bridgehead atoms. The Hall–Kier alpha value is -0.570. The summed E-state index contributed by atoms with van der Waals surface area (Å²) in [5, 5.41) is 2.01. The molecular formula is C13H15Cl3N2.